The molecule has 0 spiro atoms. The van der Waals surface area contributed by atoms with Gasteiger partial charge in [0.15, 0.2) is 5.78 Å². The van der Waals surface area contributed by atoms with Crippen molar-refractivity contribution >= 4 is 5.78 Å². The monoisotopic (exact) mass is 252 g/mol. The number of pyridine rings is 1. The van der Waals surface area contributed by atoms with E-state index in [0.29, 0.717) is 17.7 Å². The van der Waals surface area contributed by atoms with Gasteiger partial charge in [-0.15, -0.1) is 0 Å². The molecule has 1 aromatic carbocycles. The van der Waals surface area contributed by atoms with Crippen molar-refractivity contribution in [2.75, 3.05) is 6.54 Å². The molecule has 0 atom stereocenters. The molecule has 0 unspecified atom stereocenters. The van der Waals surface area contributed by atoms with E-state index in [1.54, 1.807) is 24.5 Å². The number of benzene rings is 1. The third-order valence-corrected chi connectivity index (χ3v) is 3.91. The molecular weight excluding hydrogens is 236 g/mol. The van der Waals surface area contributed by atoms with E-state index in [-0.39, 0.29) is 11.2 Å². The van der Waals surface area contributed by atoms with Gasteiger partial charge in [0.1, 0.15) is 0 Å². The van der Waals surface area contributed by atoms with Gasteiger partial charge in [0.25, 0.3) is 0 Å². The Hall–Kier alpha value is -2.00. The molecule has 3 nitrogen and oxygen atoms in total. The lowest BCUT2D eigenvalue weighted by atomic mass is 9.93. The maximum absolute atomic E-state index is 12.4. The molecule has 0 aliphatic heterocycles. The fraction of sp³-hybridized carbons (Fsp3) is 0.250. The fourth-order valence-corrected chi connectivity index (χ4v) is 2.42. The molecule has 1 fully saturated rings. The second-order valence-electron chi connectivity index (χ2n) is 5.14. The first-order valence-electron chi connectivity index (χ1n) is 6.50. The van der Waals surface area contributed by atoms with E-state index < -0.39 is 0 Å². The molecular formula is C16H16N2O. The van der Waals surface area contributed by atoms with Crippen LogP contribution in [0.4, 0.5) is 0 Å². The predicted molar refractivity (Wildman–Crippen MR) is 74.1 cm³/mol. The number of nitrogens with two attached hydrogens (primary N) is 1. The fourth-order valence-electron chi connectivity index (χ4n) is 2.42. The number of hydrogen-bond acceptors (Lipinski definition) is 3. The van der Waals surface area contributed by atoms with Crippen molar-refractivity contribution in [2.45, 2.75) is 18.3 Å². The van der Waals surface area contributed by atoms with Gasteiger partial charge in [0.05, 0.1) is 0 Å². The van der Waals surface area contributed by atoms with Gasteiger partial charge >= 0.3 is 0 Å². The molecule has 96 valence electrons. The Bertz CT molecular complexity index is 603. The van der Waals surface area contributed by atoms with E-state index in [1.807, 2.05) is 18.2 Å². The first-order chi connectivity index (χ1) is 9.25. The van der Waals surface area contributed by atoms with Crippen LogP contribution < -0.4 is 5.73 Å². The highest BCUT2D eigenvalue weighted by Gasteiger charge is 2.42. The molecule has 3 rings (SSSR count). The SMILES string of the molecule is NCC1(c2cccc(C(=O)c3cccnc3)c2)CC1. The van der Waals surface area contributed by atoms with Gasteiger partial charge in [0.2, 0.25) is 0 Å². The molecule has 1 heterocycles. The first kappa shape index (κ1) is 12.1. The molecule has 1 aliphatic rings. The van der Waals surface area contributed by atoms with Crippen LogP contribution >= 0.6 is 0 Å². The van der Waals surface area contributed by atoms with Gasteiger partial charge in [-0.25, -0.2) is 0 Å². The molecule has 0 saturated heterocycles. The van der Waals surface area contributed by atoms with Gasteiger partial charge in [0, 0.05) is 35.5 Å². The molecule has 1 aromatic heterocycles. The lowest BCUT2D eigenvalue weighted by Gasteiger charge is -2.13. The third-order valence-electron chi connectivity index (χ3n) is 3.91. The average Bonchev–Trinajstić information content (AvgIpc) is 3.29. The lowest BCUT2D eigenvalue weighted by molar-refractivity contribution is 0.103. The number of hydrogen-bond donors (Lipinski definition) is 1. The number of nitrogens with zero attached hydrogens (tertiary/aromatic N) is 1. The second kappa shape index (κ2) is 4.59. The number of carbonyl (C=O) groups excluding carboxylic acids is 1. The van der Waals surface area contributed by atoms with E-state index in [4.69, 9.17) is 5.73 Å². The maximum Gasteiger partial charge on any atom is 0.194 e. The molecule has 2 N–H and O–H groups in total. The van der Waals surface area contributed by atoms with Crippen LogP contribution in [0.3, 0.4) is 0 Å². The number of aromatic nitrogens is 1. The predicted octanol–water partition coefficient (Wildman–Crippen LogP) is 2.30. The van der Waals surface area contributed by atoms with E-state index in [0.717, 1.165) is 12.8 Å². The normalized spacial score (nSPS) is 16.1. The summed E-state index contributed by atoms with van der Waals surface area (Å²) in [5.74, 6) is 0.0165. The summed E-state index contributed by atoms with van der Waals surface area (Å²) >= 11 is 0. The maximum atomic E-state index is 12.4. The zero-order valence-corrected chi connectivity index (χ0v) is 10.7. The summed E-state index contributed by atoms with van der Waals surface area (Å²) in [6, 6.07) is 11.4. The highest BCUT2D eigenvalue weighted by Crippen LogP contribution is 2.47. The minimum absolute atomic E-state index is 0.0165. The molecule has 1 saturated carbocycles. The van der Waals surface area contributed by atoms with Crippen LogP contribution in [0.25, 0.3) is 0 Å². The van der Waals surface area contributed by atoms with Gasteiger partial charge in [-0.1, -0.05) is 18.2 Å². The lowest BCUT2D eigenvalue weighted by Crippen LogP contribution is -2.20. The van der Waals surface area contributed by atoms with Crippen LogP contribution in [0.5, 0.6) is 0 Å². The Labute approximate surface area is 112 Å². The summed E-state index contributed by atoms with van der Waals surface area (Å²) in [7, 11) is 0. The van der Waals surface area contributed by atoms with Crippen molar-refractivity contribution in [3.8, 4) is 0 Å². The zero-order valence-electron chi connectivity index (χ0n) is 10.7. The molecule has 1 aliphatic carbocycles. The van der Waals surface area contributed by atoms with Gasteiger partial charge in [-0.3, -0.25) is 9.78 Å². The van der Waals surface area contributed by atoms with Gasteiger partial charge in [-0.2, -0.15) is 0 Å². The minimum atomic E-state index is 0.0165. The molecule has 0 bridgehead atoms. The Morgan fingerprint density at radius 1 is 1.21 bits per heavy atom. The Balaban J connectivity index is 1.94. The third kappa shape index (κ3) is 2.17. The van der Waals surface area contributed by atoms with E-state index >= 15 is 0 Å². The van der Waals surface area contributed by atoms with Gasteiger partial charge in [-0.05, 0) is 36.6 Å². The van der Waals surface area contributed by atoms with Crippen molar-refractivity contribution in [2.24, 2.45) is 5.73 Å². The number of rotatable bonds is 4. The van der Waals surface area contributed by atoms with Crippen LogP contribution in [0, 0.1) is 0 Å². The van der Waals surface area contributed by atoms with E-state index in [9.17, 15) is 4.79 Å². The second-order valence-corrected chi connectivity index (χ2v) is 5.14. The van der Waals surface area contributed by atoms with E-state index in [2.05, 4.69) is 11.1 Å². The molecule has 0 amide bonds. The summed E-state index contributed by atoms with van der Waals surface area (Å²) in [5, 5.41) is 0. The minimum Gasteiger partial charge on any atom is -0.330 e. The molecule has 3 heteroatoms. The summed E-state index contributed by atoms with van der Waals surface area (Å²) in [6.07, 6.45) is 5.51. The number of carbonyl (C=O) groups is 1. The van der Waals surface area contributed by atoms with Crippen LogP contribution in [0.1, 0.15) is 34.3 Å². The zero-order chi connectivity index (χ0) is 13.3. The molecule has 2 aromatic rings. The Kier molecular flexibility index (Phi) is 2.91. The number of ketones is 1. The Morgan fingerprint density at radius 2 is 2.00 bits per heavy atom. The quantitative estimate of drug-likeness (QED) is 0.849. The topological polar surface area (TPSA) is 56.0 Å². The largest absolute Gasteiger partial charge is 0.330 e. The smallest absolute Gasteiger partial charge is 0.194 e. The average molecular weight is 252 g/mol. The van der Waals surface area contributed by atoms with Gasteiger partial charge < -0.3 is 5.73 Å². The van der Waals surface area contributed by atoms with Crippen molar-refractivity contribution in [1.82, 2.24) is 4.98 Å². The molecule has 0 radical (unpaired) electrons. The highest BCUT2D eigenvalue weighted by molar-refractivity contribution is 6.08. The first-order valence-corrected chi connectivity index (χ1v) is 6.50. The van der Waals surface area contributed by atoms with Crippen molar-refractivity contribution in [3.63, 3.8) is 0 Å². The van der Waals surface area contributed by atoms with Crippen molar-refractivity contribution in [3.05, 3.63) is 65.5 Å². The Morgan fingerprint density at radius 3 is 2.63 bits per heavy atom. The van der Waals surface area contributed by atoms with Crippen LogP contribution in [-0.4, -0.2) is 17.3 Å². The van der Waals surface area contributed by atoms with Crippen LogP contribution in [-0.2, 0) is 5.41 Å². The summed E-state index contributed by atoms with van der Waals surface area (Å²) in [5.41, 5.74) is 8.48. The molecule has 19 heavy (non-hydrogen) atoms. The highest BCUT2D eigenvalue weighted by atomic mass is 16.1. The summed E-state index contributed by atoms with van der Waals surface area (Å²) in [6.45, 7) is 0.650. The van der Waals surface area contributed by atoms with Crippen molar-refractivity contribution < 1.29 is 4.79 Å². The summed E-state index contributed by atoms with van der Waals surface area (Å²) < 4.78 is 0. The van der Waals surface area contributed by atoms with Crippen LogP contribution in [0.15, 0.2) is 48.8 Å². The summed E-state index contributed by atoms with van der Waals surface area (Å²) in [4.78, 5) is 16.4. The van der Waals surface area contributed by atoms with Crippen LogP contribution in [0.2, 0.25) is 0 Å². The standard InChI is InChI=1S/C16H16N2O/c17-11-16(6-7-16)14-5-1-3-12(9-14)15(19)13-4-2-8-18-10-13/h1-5,8-10H,6-7,11,17H2. The van der Waals surface area contributed by atoms with E-state index in [1.165, 1.54) is 5.56 Å². The van der Waals surface area contributed by atoms with Crippen molar-refractivity contribution in [1.29, 1.82) is 0 Å².